The molecule has 1 rings (SSSR count). The van der Waals surface area contributed by atoms with E-state index in [-0.39, 0.29) is 0 Å². The minimum atomic E-state index is 0.646. The molecule has 0 saturated carbocycles. The molecule has 0 spiro atoms. The van der Waals surface area contributed by atoms with Crippen molar-refractivity contribution >= 4 is 5.82 Å². The van der Waals surface area contributed by atoms with Crippen molar-refractivity contribution in [3.05, 3.63) is 31.0 Å². The number of aromatic nitrogens is 1. The first-order chi connectivity index (χ1) is 7.88. The lowest BCUT2D eigenvalue weighted by atomic mass is 10.4. The summed E-state index contributed by atoms with van der Waals surface area (Å²) in [6.07, 6.45) is 4.45. The normalized spacial score (nSPS) is 9.81. The lowest BCUT2D eigenvalue weighted by Crippen LogP contribution is -2.11. The Labute approximate surface area is 96.3 Å². The fraction of sp³-hybridized carbons (Fsp3) is 0.417. The molecule has 0 radical (unpaired) electrons. The van der Waals surface area contributed by atoms with Gasteiger partial charge in [0, 0.05) is 12.7 Å². The van der Waals surface area contributed by atoms with Crippen LogP contribution in [0, 0.1) is 0 Å². The highest BCUT2D eigenvalue weighted by Gasteiger charge is 2.00. The topological polar surface area (TPSA) is 43.4 Å². The lowest BCUT2D eigenvalue weighted by molar-refractivity contribution is 0.149. The zero-order chi connectivity index (χ0) is 11.6. The molecule has 0 aliphatic rings. The molecule has 0 amide bonds. The van der Waals surface area contributed by atoms with Crippen molar-refractivity contribution in [1.29, 1.82) is 0 Å². The fourth-order valence-corrected chi connectivity index (χ4v) is 1.20. The van der Waals surface area contributed by atoms with E-state index in [9.17, 15) is 0 Å². The Bertz CT molecular complexity index is 316. The SMILES string of the molecule is C=CCCOCCNc1ncccc1OC. The molecule has 1 aromatic heterocycles. The lowest BCUT2D eigenvalue weighted by Gasteiger charge is -2.09. The zero-order valence-corrected chi connectivity index (χ0v) is 9.61. The number of pyridine rings is 1. The second-order valence-electron chi connectivity index (χ2n) is 3.17. The van der Waals surface area contributed by atoms with Crippen molar-refractivity contribution in [2.75, 3.05) is 32.2 Å². The van der Waals surface area contributed by atoms with Gasteiger partial charge in [-0.1, -0.05) is 6.08 Å². The third-order valence-corrected chi connectivity index (χ3v) is 2.00. The number of nitrogens with zero attached hydrogens (tertiary/aromatic N) is 1. The summed E-state index contributed by atoms with van der Waals surface area (Å²) >= 11 is 0. The predicted molar refractivity (Wildman–Crippen MR) is 64.9 cm³/mol. The van der Waals surface area contributed by atoms with Gasteiger partial charge in [0.2, 0.25) is 0 Å². The first kappa shape index (κ1) is 12.5. The summed E-state index contributed by atoms with van der Waals surface area (Å²) in [6.45, 7) is 5.70. The summed E-state index contributed by atoms with van der Waals surface area (Å²) in [7, 11) is 1.63. The molecule has 0 bridgehead atoms. The van der Waals surface area contributed by atoms with E-state index in [0.29, 0.717) is 19.8 Å². The standard InChI is InChI=1S/C12H18N2O2/c1-3-4-9-16-10-8-14-12-11(15-2)6-5-7-13-12/h3,5-7H,1,4,8-10H2,2H3,(H,13,14). The third-order valence-electron chi connectivity index (χ3n) is 2.00. The van der Waals surface area contributed by atoms with E-state index in [0.717, 1.165) is 18.0 Å². The Morgan fingerprint density at radius 3 is 3.12 bits per heavy atom. The molecule has 0 atom stereocenters. The number of nitrogens with one attached hydrogen (secondary N) is 1. The smallest absolute Gasteiger partial charge is 0.168 e. The molecule has 1 N–H and O–H groups in total. The van der Waals surface area contributed by atoms with Crippen LogP contribution in [-0.4, -0.2) is 31.9 Å². The first-order valence-electron chi connectivity index (χ1n) is 5.30. The Balaban J connectivity index is 2.23. The van der Waals surface area contributed by atoms with Crippen molar-refractivity contribution in [3.8, 4) is 5.75 Å². The van der Waals surface area contributed by atoms with Crippen LogP contribution in [0.5, 0.6) is 5.75 Å². The van der Waals surface area contributed by atoms with Gasteiger partial charge in [0.25, 0.3) is 0 Å². The Kier molecular flexibility index (Phi) is 6.03. The molecule has 4 heteroatoms. The first-order valence-corrected chi connectivity index (χ1v) is 5.30. The molecule has 0 aliphatic carbocycles. The molecule has 0 saturated heterocycles. The van der Waals surface area contributed by atoms with Gasteiger partial charge in [-0.15, -0.1) is 6.58 Å². The zero-order valence-electron chi connectivity index (χ0n) is 9.61. The number of anilines is 1. The van der Waals surface area contributed by atoms with Crippen LogP contribution < -0.4 is 10.1 Å². The van der Waals surface area contributed by atoms with Crippen molar-refractivity contribution in [3.63, 3.8) is 0 Å². The van der Waals surface area contributed by atoms with Crippen LogP contribution in [0.25, 0.3) is 0 Å². The fourth-order valence-electron chi connectivity index (χ4n) is 1.20. The van der Waals surface area contributed by atoms with E-state index in [2.05, 4.69) is 16.9 Å². The van der Waals surface area contributed by atoms with E-state index in [4.69, 9.17) is 9.47 Å². The predicted octanol–water partition coefficient (Wildman–Crippen LogP) is 2.09. The van der Waals surface area contributed by atoms with E-state index in [1.54, 1.807) is 13.3 Å². The van der Waals surface area contributed by atoms with Gasteiger partial charge < -0.3 is 14.8 Å². The minimum Gasteiger partial charge on any atom is -0.493 e. The summed E-state index contributed by atoms with van der Waals surface area (Å²) in [4.78, 5) is 4.18. The number of hydrogen-bond donors (Lipinski definition) is 1. The van der Waals surface area contributed by atoms with Gasteiger partial charge in [0.05, 0.1) is 20.3 Å². The maximum atomic E-state index is 5.37. The third kappa shape index (κ3) is 4.31. The maximum absolute atomic E-state index is 5.37. The van der Waals surface area contributed by atoms with E-state index in [1.807, 2.05) is 18.2 Å². The van der Waals surface area contributed by atoms with Crippen LogP contribution in [-0.2, 0) is 4.74 Å². The monoisotopic (exact) mass is 222 g/mol. The van der Waals surface area contributed by atoms with Gasteiger partial charge in [-0.3, -0.25) is 0 Å². The van der Waals surface area contributed by atoms with Crippen LogP contribution in [0.2, 0.25) is 0 Å². The molecule has 0 aromatic carbocycles. The molecule has 1 aromatic rings. The van der Waals surface area contributed by atoms with E-state index in [1.165, 1.54) is 0 Å². The van der Waals surface area contributed by atoms with Gasteiger partial charge in [-0.25, -0.2) is 4.98 Å². The highest BCUT2D eigenvalue weighted by atomic mass is 16.5. The Morgan fingerprint density at radius 2 is 2.38 bits per heavy atom. The molecule has 88 valence electrons. The number of hydrogen-bond acceptors (Lipinski definition) is 4. The van der Waals surface area contributed by atoms with Gasteiger partial charge in [0.1, 0.15) is 0 Å². The Hall–Kier alpha value is -1.55. The van der Waals surface area contributed by atoms with Gasteiger partial charge in [-0.05, 0) is 18.6 Å². The van der Waals surface area contributed by atoms with Gasteiger partial charge in [0.15, 0.2) is 11.6 Å². The second kappa shape index (κ2) is 7.70. The molecular formula is C12H18N2O2. The molecule has 4 nitrogen and oxygen atoms in total. The van der Waals surface area contributed by atoms with Gasteiger partial charge in [-0.2, -0.15) is 0 Å². The summed E-state index contributed by atoms with van der Waals surface area (Å²) in [5, 5.41) is 3.15. The van der Waals surface area contributed by atoms with Gasteiger partial charge >= 0.3 is 0 Å². The van der Waals surface area contributed by atoms with Crippen LogP contribution in [0.4, 0.5) is 5.82 Å². The number of methoxy groups -OCH3 is 1. The summed E-state index contributed by atoms with van der Waals surface area (Å²) < 4.78 is 10.5. The van der Waals surface area contributed by atoms with Crippen molar-refractivity contribution < 1.29 is 9.47 Å². The highest BCUT2D eigenvalue weighted by Crippen LogP contribution is 2.19. The number of ether oxygens (including phenoxy) is 2. The second-order valence-corrected chi connectivity index (χ2v) is 3.17. The van der Waals surface area contributed by atoms with Crippen molar-refractivity contribution in [2.45, 2.75) is 6.42 Å². The van der Waals surface area contributed by atoms with Crippen LogP contribution in [0.3, 0.4) is 0 Å². The van der Waals surface area contributed by atoms with Crippen molar-refractivity contribution in [2.24, 2.45) is 0 Å². The van der Waals surface area contributed by atoms with E-state index < -0.39 is 0 Å². The molecule has 0 aliphatic heterocycles. The molecular weight excluding hydrogens is 204 g/mol. The summed E-state index contributed by atoms with van der Waals surface area (Å²) in [6, 6.07) is 3.71. The summed E-state index contributed by atoms with van der Waals surface area (Å²) in [5.74, 6) is 1.49. The van der Waals surface area contributed by atoms with E-state index >= 15 is 0 Å². The number of rotatable bonds is 8. The molecule has 0 unspecified atom stereocenters. The van der Waals surface area contributed by atoms with Crippen LogP contribution in [0.1, 0.15) is 6.42 Å². The van der Waals surface area contributed by atoms with Crippen LogP contribution >= 0.6 is 0 Å². The van der Waals surface area contributed by atoms with Crippen LogP contribution in [0.15, 0.2) is 31.0 Å². The molecule has 0 fully saturated rings. The highest BCUT2D eigenvalue weighted by molar-refractivity contribution is 5.49. The largest absolute Gasteiger partial charge is 0.493 e. The van der Waals surface area contributed by atoms with Crippen molar-refractivity contribution in [1.82, 2.24) is 4.98 Å². The maximum Gasteiger partial charge on any atom is 0.168 e. The average Bonchev–Trinajstić information content (AvgIpc) is 2.34. The average molecular weight is 222 g/mol. The minimum absolute atomic E-state index is 0.646. The molecule has 1 heterocycles. The molecule has 16 heavy (non-hydrogen) atoms. The quantitative estimate of drug-likeness (QED) is 0.540. The summed E-state index contributed by atoms with van der Waals surface area (Å²) in [5.41, 5.74) is 0. The Morgan fingerprint density at radius 1 is 1.50 bits per heavy atom.